The van der Waals surface area contributed by atoms with E-state index in [1.54, 1.807) is 0 Å². The Balaban J connectivity index is 1.88. The van der Waals surface area contributed by atoms with Gasteiger partial charge in [-0.05, 0) is 43.3 Å². The third-order valence-corrected chi connectivity index (χ3v) is 4.31. The zero-order valence-corrected chi connectivity index (χ0v) is 13.2. The van der Waals surface area contributed by atoms with Crippen LogP contribution in [-0.4, -0.2) is 44.0 Å². The summed E-state index contributed by atoms with van der Waals surface area (Å²) in [5, 5.41) is 0. The topological polar surface area (TPSA) is 35.6 Å². The number of anilines is 1. The van der Waals surface area contributed by atoms with Gasteiger partial charge in [-0.3, -0.25) is 9.52 Å². The molecule has 4 nitrogen and oxygen atoms in total. The van der Waals surface area contributed by atoms with Gasteiger partial charge in [0.1, 0.15) is 0 Å². The molecule has 110 valence electrons. The highest BCUT2D eigenvalue weighted by atomic mass is 32.2. The normalized spacial score (nSPS) is 16.5. The first kappa shape index (κ1) is 15.2. The first-order valence-corrected chi connectivity index (χ1v) is 7.88. The third kappa shape index (κ3) is 4.15. The Morgan fingerprint density at radius 2 is 1.75 bits per heavy atom. The molecule has 1 aromatic rings. The number of hydrogen-bond acceptors (Lipinski definition) is 4. The fourth-order valence-electron chi connectivity index (χ4n) is 2.02. The van der Waals surface area contributed by atoms with E-state index in [0.29, 0.717) is 0 Å². The van der Waals surface area contributed by atoms with Crippen LogP contribution >= 0.6 is 11.9 Å². The second-order valence-corrected chi connectivity index (χ2v) is 6.39. The molecule has 1 saturated heterocycles. The number of hydrogen-bond donors (Lipinski definition) is 1. The number of nitrogens with zero attached hydrogens (tertiary/aromatic N) is 2. The lowest BCUT2D eigenvalue weighted by atomic mass is 10.2. The highest BCUT2D eigenvalue weighted by molar-refractivity contribution is 7.98. The molecule has 1 N–H and O–H groups in total. The standard InChI is InChI=1S/C15H23N3OS/c1-12(2)15(19)16-20-14-6-4-13(5-7-14)18-10-8-17(3)9-11-18/h4-7,12H,8-11H2,1-3H3,(H,16,19). The summed E-state index contributed by atoms with van der Waals surface area (Å²) in [5.74, 6) is 0.0882. The van der Waals surface area contributed by atoms with Crippen molar-refractivity contribution in [3.05, 3.63) is 24.3 Å². The summed E-state index contributed by atoms with van der Waals surface area (Å²) >= 11 is 1.39. The second-order valence-electron chi connectivity index (χ2n) is 5.51. The minimum Gasteiger partial charge on any atom is -0.369 e. The summed E-state index contributed by atoms with van der Waals surface area (Å²) in [6.07, 6.45) is 0. The Morgan fingerprint density at radius 3 is 2.30 bits per heavy atom. The largest absolute Gasteiger partial charge is 0.369 e. The van der Waals surface area contributed by atoms with Gasteiger partial charge in [-0.15, -0.1) is 0 Å². The van der Waals surface area contributed by atoms with E-state index in [0.717, 1.165) is 31.1 Å². The number of piperazine rings is 1. The van der Waals surface area contributed by atoms with Gasteiger partial charge in [0.15, 0.2) is 0 Å². The lowest BCUT2D eigenvalue weighted by molar-refractivity contribution is -0.122. The van der Waals surface area contributed by atoms with Gasteiger partial charge in [-0.2, -0.15) is 0 Å². The number of amides is 1. The van der Waals surface area contributed by atoms with E-state index in [4.69, 9.17) is 0 Å². The fourth-order valence-corrected chi connectivity index (χ4v) is 2.74. The van der Waals surface area contributed by atoms with E-state index in [1.165, 1.54) is 17.6 Å². The van der Waals surface area contributed by atoms with Gasteiger partial charge in [0.05, 0.1) is 0 Å². The van der Waals surface area contributed by atoms with Crippen molar-refractivity contribution in [3.63, 3.8) is 0 Å². The maximum Gasteiger partial charge on any atom is 0.232 e. The maximum atomic E-state index is 11.5. The molecule has 0 spiro atoms. The van der Waals surface area contributed by atoms with E-state index in [9.17, 15) is 4.79 Å². The molecular formula is C15H23N3OS. The van der Waals surface area contributed by atoms with Gasteiger partial charge < -0.3 is 9.80 Å². The Morgan fingerprint density at radius 1 is 1.15 bits per heavy atom. The SMILES string of the molecule is CC(C)C(=O)NSc1ccc(N2CCN(C)CC2)cc1. The number of likely N-dealkylation sites (N-methyl/N-ethyl adjacent to an activating group) is 1. The molecule has 0 bridgehead atoms. The molecule has 0 atom stereocenters. The van der Waals surface area contributed by atoms with E-state index < -0.39 is 0 Å². The van der Waals surface area contributed by atoms with Crippen LogP contribution in [0.5, 0.6) is 0 Å². The number of rotatable bonds is 4. The summed E-state index contributed by atoms with van der Waals surface area (Å²) in [5.41, 5.74) is 1.26. The summed E-state index contributed by atoms with van der Waals surface area (Å²) in [4.78, 5) is 17.3. The monoisotopic (exact) mass is 293 g/mol. The molecule has 1 aliphatic heterocycles. The predicted molar refractivity (Wildman–Crippen MR) is 85.0 cm³/mol. The molecule has 0 radical (unpaired) electrons. The molecule has 1 fully saturated rings. The molecule has 0 saturated carbocycles. The molecule has 1 heterocycles. The van der Waals surface area contributed by atoms with Gasteiger partial charge in [-0.25, -0.2) is 0 Å². The first-order valence-electron chi connectivity index (χ1n) is 7.06. The summed E-state index contributed by atoms with van der Waals surface area (Å²) < 4.78 is 2.86. The van der Waals surface area contributed by atoms with E-state index in [2.05, 4.69) is 45.8 Å². The molecule has 0 aliphatic carbocycles. The molecule has 5 heteroatoms. The van der Waals surface area contributed by atoms with E-state index in [-0.39, 0.29) is 11.8 Å². The number of carbonyl (C=O) groups is 1. The van der Waals surface area contributed by atoms with Crippen LogP contribution in [0.25, 0.3) is 0 Å². The molecule has 1 aromatic carbocycles. The van der Waals surface area contributed by atoms with Crippen molar-refractivity contribution in [1.29, 1.82) is 0 Å². The van der Waals surface area contributed by atoms with Gasteiger partial charge >= 0.3 is 0 Å². The van der Waals surface area contributed by atoms with Gasteiger partial charge in [-0.1, -0.05) is 13.8 Å². The van der Waals surface area contributed by atoms with Crippen LogP contribution in [0.2, 0.25) is 0 Å². The molecule has 20 heavy (non-hydrogen) atoms. The number of carbonyl (C=O) groups excluding carboxylic acids is 1. The van der Waals surface area contributed by atoms with Crippen molar-refractivity contribution in [2.45, 2.75) is 18.7 Å². The number of nitrogens with one attached hydrogen (secondary N) is 1. The highest BCUT2D eigenvalue weighted by Gasteiger charge is 2.14. The van der Waals surface area contributed by atoms with Crippen molar-refractivity contribution in [2.75, 3.05) is 38.1 Å². The van der Waals surface area contributed by atoms with Crippen molar-refractivity contribution in [1.82, 2.24) is 9.62 Å². The Bertz CT molecular complexity index is 439. The molecule has 0 aromatic heterocycles. The molecule has 1 amide bonds. The zero-order valence-electron chi connectivity index (χ0n) is 12.4. The Kier molecular flexibility index (Phi) is 5.31. The number of benzene rings is 1. The van der Waals surface area contributed by atoms with Gasteiger partial charge in [0, 0.05) is 42.7 Å². The Hall–Kier alpha value is -1.20. The fraction of sp³-hybridized carbons (Fsp3) is 0.533. The minimum atomic E-state index is 0.0205. The van der Waals surface area contributed by atoms with Crippen LogP contribution in [0.4, 0.5) is 5.69 Å². The molecule has 0 unspecified atom stereocenters. The second kappa shape index (κ2) is 6.99. The molecule has 2 rings (SSSR count). The quantitative estimate of drug-likeness (QED) is 0.864. The minimum absolute atomic E-state index is 0.0205. The van der Waals surface area contributed by atoms with Crippen LogP contribution in [0.15, 0.2) is 29.2 Å². The average molecular weight is 293 g/mol. The molecule has 1 aliphatic rings. The predicted octanol–water partition coefficient (Wildman–Crippen LogP) is 2.22. The van der Waals surface area contributed by atoms with Crippen molar-refractivity contribution in [3.8, 4) is 0 Å². The smallest absolute Gasteiger partial charge is 0.232 e. The lowest BCUT2D eigenvalue weighted by Gasteiger charge is -2.34. The summed E-state index contributed by atoms with van der Waals surface area (Å²) in [6.45, 7) is 8.17. The van der Waals surface area contributed by atoms with Crippen molar-refractivity contribution in [2.24, 2.45) is 5.92 Å². The molecular weight excluding hydrogens is 270 g/mol. The van der Waals surface area contributed by atoms with E-state index in [1.807, 2.05) is 13.8 Å². The average Bonchev–Trinajstić information content (AvgIpc) is 2.46. The highest BCUT2D eigenvalue weighted by Crippen LogP contribution is 2.21. The lowest BCUT2D eigenvalue weighted by Crippen LogP contribution is -2.44. The van der Waals surface area contributed by atoms with Crippen LogP contribution in [0.1, 0.15) is 13.8 Å². The first-order chi connectivity index (χ1) is 9.56. The van der Waals surface area contributed by atoms with Crippen LogP contribution in [0.3, 0.4) is 0 Å². The Labute approximate surface area is 125 Å². The maximum absolute atomic E-state index is 11.5. The zero-order chi connectivity index (χ0) is 14.5. The van der Waals surface area contributed by atoms with Crippen molar-refractivity contribution < 1.29 is 4.79 Å². The van der Waals surface area contributed by atoms with Gasteiger partial charge in [0.25, 0.3) is 0 Å². The van der Waals surface area contributed by atoms with Crippen molar-refractivity contribution >= 4 is 23.5 Å². The summed E-state index contributed by atoms with van der Waals surface area (Å²) in [7, 11) is 2.16. The van der Waals surface area contributed by atoms with Crippen LogP contribution in [-0.2, 0) is 4.79 Å². The third-order valence-electron chi connectivity index (χ3n) is 3.50. The van der Waals surface area contributed by atoms with Crippen LogP contribution < -0.4 is 9.62 Å². The van der Waals surface area contributed by atoms with E-state index >= 15 is 0 Å². The van der Waals surface area contributed by atoms with Gasteiger partial charge in [0.2, 0.25) is 5.91 Å². The summed E-state index contributed by atoms with van der Waals surface area (Å²) in [6, 6.07) is 8.40. The van der Waals surface area contributed by atoms with Crippen LogP contribution in [0, 0.1) is 5.92 Å².